The van der Waals surface area contributed by atoms with Crippen molar-refractivity contribution in [3.63, 3.8) is 0 Å². The first-order valence-electron chi connectivity index (χ1n) is 12.3. The largest absolute Gasteiger partial charge is 0.493 e. The standard InChI is InChI=1S/C27H34N4O6/c1-6-7-12-28-25(33)19-10-8-18(9-11-19)15-31-26(34)20-13-22(36-4)23(37-5)14-21(20)30(27(31)35)16-24(32)29-17(2)3/h8-11,13-14,17H,6-7,12,15-16H2,1-5H3,(H,28,33)(H,29,32). The van der Waals surface area contributed by atoms with Crippen molar-refractivity contribution in [2.24, 2.45) is 0 Å². The predicted octanol–water partition coefficient (Wildman–Crippen LogP) is 2.28. The third-order valence-electron chi connectivity index (χ3n) is 5.85. The van der Waals surface area contributed by atoms with Crippen molar-refractivity contribution in [2.75, 3.05) is 20.8 Å². The van der Waals surface area contributed by atoms with Crippen molar-refractivity contribution in [2.45, 2.75) is 52.7 Å². The number of amides is 2. The van der Waals surface area contributed by atoms with Gasteiger partial charge in [0.1, 0.15) is 6.54 Å². The number of fused-ring (bicyclic) bond motifs is 1. The summed E-state index contributed by atoms with van der Waals surface area (Å²) in [6.07, 6.45) is 1.88. The van der Waals surface area contributed by atoms with E-state index in [1.807, 2.05) is 20.8 Å². The quantitative estimate of drug-likeness (QED) is 0.382. The number of methoxy groups -OCH3 is 2. The second-order valence-corrected chi connectivity index (χ2v) is 9.01. The van der Waals surface area contributed by atoms with E-state index in [1.165, 1.54) is 30.9 Å². The van der Waals surface area contributed by atoms with Crippen LogP contribution < -0.4 is 31.4 Å². The van der Waals surface area contributed by atoms with E-state index in [4.69, 9.17) is 9.47 Å². The average Bonchev–Trinajstić information content (AvgIpc) is 2.88. The Balaban J connectivity index is 2.06. The second kappa shape index (κ2) is 12.2. The van der Waals surface area contributed by atoms with Gasteiger partial charge in [0.15, 0.2) is 11.5 Å². The summed E-state index contributed by atoms with van der Waals surface area (Å²) < 4.78 is 13.0. The van der Waals surface area contributed by atoms with E-state index in [-0.39, 0.29) is 41.8 Å². The molecule has 10 heteroatoms. The molecule has 0 aliphatic carbocycles. The van der Waals surface area contributed by atoms with E-state index in [2.05, 4.69) is 10.6 Å². The smallest absolute Gasteiger partial charge is 0.332 e. The topological polar surface area (TPSA) is 121 Å². The maximum absolute atomic E-state index is 13.5. The highest BCUT2D eigenvalue weighted by Crippen LogP contribution is 2.30. The molecule has 0 bridgehead atoms. The van der Waals surface area contributed by atoms with Crippen molar-refractivity contribution in [3.05, 3.63) is 68.4 Å². The highest BCUT2D eigenvalue weighted by molar-refractivity contribution is 5.94. The molecule has 0 atom stereocenters. The third kappa shape index (κ3) is 6.38. The van der Waals surface area contributed by atoms with E-state index in [1.54, 1.807) is 24.3 Å². The second-order valence-electron chi connectivity index (χ2n) is 9.01. The van der Waals surface area contributed by atoms with E-state index in [0.717, 1.165) is 17.4 Å². The third-order valence-corrected chi connectivity index (χ3v) is 5.85. The van der Waals surface area contributed by atoms with Crippen LogP contribution in [0.4, 0.5) is 0 Å². The van der Waals surface area contributed by atoms with Gasteiger partial charge in [0.25, 0.3) is 11.5 Å². The number of unbranched alkanes of at least 4 members (excludes halogenated alkanes) is 1. The molecule has 37 heavy (non-hydrogen) atoms. The molecule has 0 unspecified atom stereocenters. The Kier molecular flexibility index (Phi) is 9.10. The van der Waals surface area contributed by atoms with Crippen molar-refractivity contribution in [1.29, 1.82) is 0 Å². The fourth-order valence-corrected chi connectivity index (χ4v) is 3.97. The number of ether oxygens (including phenoxy) is 2. The fourth-order valence-electron chi connectivity index (χ4n) is 3.97. The van der Waals surface area contributed by atoms with E-state index >= 15 is 0 Å². The molecule has 10 nitrogen and oxygen atoms in total. The molecule has 0 saturated carbocycles. The zero-order valence-corrected chi connectivity index (χ0v) is 21.9. The van der Waals surface area contributed by atoms with Gasteiger partial charge in [-0.1, -0.05) is 25.5 Å². The molecule has 0 spiro atoms. The number of benzene rings is 2. The highest BCUT2D eigenvalue weighted by Gasteiger charge is 2.19. The summed E-state index contributed by atoms with van der Waals surface area (Å²) in [5, 5.41) is 5.84. The van der Waals surface area contributed by atoms with Gasteiger partial charge in [-0.2, -0.15) is 0 Å². The first kappa shape index (κ1) is 27.5. The lowest BCUT2D eigenvalue weighted by Gasteiger charge is -2.17. The van der Waals surface area contributed by atoms with Crippen LogP contribution in [0.15, 0.2) is 46.0 Å². The molecule has 0 saturated heterocycles. The van der Waals surface area contributed by atoms with Gasteiger partial charge in [0.05, 0.1) is 31.7 Å². The number of aromatic nitrogens is 2. The van der Waals surface area contributed by atoms with Crippen LogP contribution in [0.1, 0.15) is 49.5 Å². The van der Waals surface area contributed by atoms with Crippen LogP contribution in [0.2, 0.25) is 0 Å². The minimum atomic E-state index is -0.634. The lowest BCUT2D eigenvalue weighted by Crippen LogP contribution is -2.43. The fraction of sp³-hybridized carbons (Fsp3) is 0.407. The van der Waals surface area contributed by atoms with Crippen LogP contribution in [0.5, 0.6) is 11.5 Å². The summed E-state index contributed by atoms with van der Waals surface area (Å²) in [4.78, 5) is 51.9. The average molecular weight is 511 g/mol. The Morgan fingerprint density at radius 1 is 0.973 bits per heavy atom. The minimum absolute atomic E-state index is 0.0362. The minimum Gasteiger partial charge on any atom is -0.493 e. The Morgan fingerprint density at radius 3 is 2.22 bits per heavy atom. The molecule has 0 radical (unpaired) electrons. The zero-order chi connectivity index (χ0) is 27.1. The van der Waals surface area contributed by atoms with Gasteiger partial charge < -0.3 is 20.1 Å². The van der Waals surface area contributed by atoms with Crippen LogP contribution in [-0.2, 0) is 17.9 Å². The van der Waals surface area contributed by atoms with Crippen LogP contribution >= 0.6 is 0 Å². The van der Waals surface area contributed by atoms with E-state index < -0.39 is 11.2 Å². The van der Waals surface area contributed by atoms with Crippen molar-refractivity contribution < 1.29 is 19.1 Å². The SMILES string of the molecule is CCCCNC(=O)c1ccc(Cn2c(=O)c3cc(OC)c(OC)cc3n(CC(=O)NC(C)C)c2=O)cc1. The molecular weight excluding hydrogens is 476 g/mol. The first-order chi connectivity index (χ1) is 17.7. The molecule has 3 rings (SSSR count). The van der Waals surface area contributed by atoms with Crippen molar-refractivity contribution in [3.8, 4) is 11.5 Å². The Bertz CT molecular complexity index is 1390. The van der Waals surface area contributed by atoms with Gasteiger partial charge in [-0.3, -0.25) is 23.5 Å². The molecule has 1 aromatic heterocycles. The summed E-state index contributed by atoms with van der Waals surface area (Å²) in [5.74, 6) is 0.116. The summed E-state index contributed by atoms with van der Waals surface area (Å²) >= 11 is 0. The summed E-state index contributed by atoms with van der Waals surface area (Å²) in [6.45, 7) is 5.98. The molecule has 0 aliphatic heterocycles. The number of hydrogen-bond donors (Lipinski definition) is 2. The normalized spacial score (nSPS) is 11.0. The molecule has 198 valence electrons. The van der Waals surface area contributed by atoms with Gasteiger partial charge >= 0.3 is 5.69 Å². The summed E-state index contributed by atoms with van der Waals surface area (Å²) in [7, 11) is 2.90. The maximum atomic E-state index is 13.5. The molecule has 0 fully saturated rings. The number of rotatable bonds is 11. The van der Waals surface area contributed by atoms with Crippen LogP contribution in [0, 0.1) is 0 Å². The summed E-state index contributed by atoms with van der Waals surface area (Å²) in [6, 6.07) is 9.64. The number of carbonyl (C=O) groups excluding carboxylic acids is 2. The van der Waals surface area contributed by atoms with Gasteiger partial charge in [-0.15, -0.1) is 0 Å². The molecule has 3 aromatic rings. The number of nitrogens with zero attached hydrogens (tertiary/aromatic N) is 2. The molecule has 0 aliphatic rings. The molecule has 1 heterocycles. The van der Waals surface area contributed by atoms with Gasteiger partial charge in [0.2, 0.25) is 5.91 Å². The Morgan fingerprint density at radius 2 is 1.62 bits per heavy atom. The van der Waals surface area contributed by atoms with Crippen LogP contribution in [0.3, 0.4) is 0 Å². The molecule has 2 amide bonds. The zero-order valence-electron chi connectivity index (χ0n) is 21.9. The summed E-state index contributed by atoms with van der Waals surface area (Å²) in [5.41, 5.74) is 0.252. The van der Waals surface area contributed by atoms with Gasteiger partial charge in [-0.05, 0) is 44.0 Å². The van der Waals surface area contributed by atoms with E-state index in [0.29, 0.717) is 29.2 Å². The molecule has 2 aromatic carbocycles. The van der Waals surface area contributed by atoms with Gasteiger partial charge in [-0.25, -0.2) is 4.79 Å². The van der Waals surface area contributed by atoms with Crippen molar-refractivity contribution in [1.82, 2.24) is 19.8 Å². The lowest BCUT2D eigenvalue weighted by atomic mass is 10.1. The predicted molar refractivity (Wildman–Crippen MR) is 142 cm³/mol. The molecular formula is C27H34N4O6. The van der Waals surface area contributed by atoms with E-state index in [9.17, 15) is 19.2 Å². The number of nitrogens with one attached hydrogen (secondary N) is 2. The monoisotopic (exact) mass is 510 g/mol. The van der Waals surface area contributed by atoms with Gasteiger partial charge in [0, 0.05) is 24.2 Å². The number of hydrogen-bond acceptors (Lipinski definition) is 6. The highest BCUT2D eigenvalue weighted by atomic mass is 16.5. The first-order valence-corrected chi connectivity index (χ1v) is 12.3. The molecule has 2 N–H and O–H groups in total. The maximum Gasteiger partial charge on any atom is 0.332 e. The Hall–Kier alpha value is -4.08. The number of carbonyl (C=O) groups is 2. The Labute approximate surface area is 215 Å². The van der Waals surface area contributed by atoms with Crippen LogP contribution in [-0.4, -0.2) is 47.8 Å². The lowest BCUT2D eigenvalue weighted by molar-refractivity contribution is -0.122. The van der Waals surface area contributed by atoms with Crippen LogP contribution in [0.25, 0.3) is 10.9 Å². The van der Waals surface area contributed by atoms with Crippen molar-refractivity contribution >= 4 is 22.7 Å².